The molecule has 232 valence electrons. The highest BCUT2D eigenvalue weighted by Crippen LogP contribution is 2.43. The molecule has 39 heavy (non-hydrogen) atoms. The van der Waals surface area contributed by atoms with E-state index in [1.165, 1.54) is 64.2 Å². The lowest BCUT2D eigenvalue weighted by Crippen LogP contribution is -2.28. The Morgan fingerprint density at radius 1 is 0.744 bits per heavy atom. The lowest BCUT2D eigenvalue weighted by molar-refractivity contribution is -0.154. The maximum Gasteiger partial charge on any atom is 0.472 e. The number of nitrogens with two attached hydrogens (primary N) is 1. The monoisotopic (exact) mass is 577 g/mol. The van der Waals surface area contributed by atoms with Crippen molar-refractivity contribution < 1.29 is 32.8 Å². The van der Waals surface area contributed by atoms with Crippen molar-refractivity contribution in [3.63, 3.8) is 0 Å². The molecular formula is C30H60NO7P. The molecule has 0 heterocycles. The Morgan fingerprint density at radius 2 is 1.33 bits per heavy atom. The molecule has 0 aromatic rings. The first-order chi connectivity index (χ1) is 18.9. The predicted octanol–water partition coefficient (Wildman–Crippen LogP) is 8.02. The lowest BCUT2D eigenvalue weighted by atomic mass is 10.1. The number of phosphoric acid groups is 1. The third-order valence-electron chi connectivity index (χ3n) is 6.41. The topological polar surface area (TPSA) is 117 Å². The van der Waals surface area contributed by atoms with Gasteiger partial charge in [0.05, 0.1) is 19.8 Å². The first kappa shape index (κ1) is 38.2. The molecule has 0 aliphatic heterocycles. The molecule has 0 fully saturated rings. The Labute approximate surface area is 239 Å². The summed E-state index contributed by atoms with van der Waals surface area (Å²) in [5.41, 5.74) is 5.32. The summed E-state index contributed by atoms with van der Waals surface area (Å²) in [6.45, 7) is 4.83. The van der Waals surface area contributed by atoms with Gasteiger partial charge in [0.1, 0.15) is 6.10 Å². The number of phosphoric ester groups is 1. The van der Waals surface area contributed by atoms with Crippen LogP contribution < -0.4 is 5.73 Å². The Bertz CT molecular complexity index is 618. The molecule has 2 atom stereocenters. The van der Waals surface area contributed by atoms with Crippen LogP contribution in [0, 0.1) is 0 Å². The Morgan fingerprint density at radius 3 is 1.97 bits per heavy atom. The van der Waals surface area contributed by atoms with Crippen LogP contribution in [0.3, 0.4) is 0 Å². The molecule has 0 aromatic heterocycles. The first-order valence-electron chi connectivity index (χ1n) is 15.7. The quantitative estimate of drug-likeness (QED) is 0.0381. The zero-order valence-corrected chi connectivity index (χ0v) is 26.0. The third kappa shape index (κ3) is 28.6. The molecule has 0 saturated carbocycles. The highest BCUT2D eigenvalue weighted by molar-refractivity contribution is 7.47. The van der Waals surface area contributed by atoms with Crippen LogP contribution in [0.15, 0.2) is 12.2 Å². The molecule has 0 amide bonds. The van der Waals surface area contributed by atoms with Crippen molar-refractivity contribution in [3.05, 3.63) is 12.2 Å². The van der Waals surface area contributed by atoms with Crippen molar-refractivity contribution in [1.82, 2.24) is 0 Å². The number of carbonyl (C=O) groups is 1. The SMILES string of the molecule is CCC/C=C\CCCCCCCC(=O)OC(COCCCCCCCCCCCC)COP(=O)(O)OCCN. The fourth-order valence-electron chi connectivity index (χ4n) is 4.11. The number of hydrogen-bond donors (Lipinski definition) is 2. The number of hydrogen-bond acceptors (Lipinski definition) is 7. The third-order valence-corrected chi connectivity index (χ3v) is 7.40. The maximum atomic E-state index is 12.4. The van der Waals surface area contributed by atoms with Crippen LogP contribution in [0.2, 0.25) is 0 Å². The van der Waals surface area contributed by atoms with E-state index in [1.54, 1.807) is 0 Å². The summed E-state index contributed by atoms with van der Waals surface area (Å²) in [4.78, 5) is 22.2. The van der Waals surface area contributed by atoms with Gasteiger partial charge in [-0.15, -0.1) is 0 Å². The first-order valence-corrected chi connectivity index (χ1v) is 17.2. The van der Waals surface area contributed by atoms with E-state index in [-0.39, 0.29) is 32.3 Å². The van der Waals surface area contributed by atoms with Crippen LogP contribution in [0.4, 0.5) is 0 Å². The predicted molar refractivity (Wildman–Crippen MR) is 160 cm³/mol. The van der Waals surface area contributed by atoms with Gasteiger partial charge in [-0.3, -0.25) is 13.8 Å². The van der Waals surface area contributed by atoms with Crippen molar-refractivity contribution in [2.24, 2.45) is 5.73 Å². The van der Waals surface area contributed by atoms with E-state index in [0.717, 1.165) is 51.4 Å². The van der Waals surface area contributed by atoms with Gasteiger partial charge in [0.15, 0.2) is 0 Å². The van der Waals surface area contributed by atoms with Gasteiger partial charge >= 0.3 is 13.8 Å². The van der Waals surface area contributed by atoms with Gasteiger partial charge in [-0.2, -0.15) is 0 Å². The van der Waals surface area contributed by atoms with Crippen molar-refractivity contribution in [2.75, 3.05) is 33.0 Å². The highest BCUT2D eigenvalue weighted by Gasteiger charge is 2.25. The minimum absolute atomic E-state index is 0.0947. The maximum absolute atomic E-state index is 12.4. The summed E-state index contributed by atoms with van der Waals surface area (Å²) >= 11 is 0. The molecule has 0 spiro atoms. The van der Waals surface area contributed by atoms with Crippen LogP contribution in [-0.4, -0.2) is 49.9 Å². The lowest BCUT2D eigenvalue weighted by Gasteiger charge is -2.20. The number of ether oxygens (including phenoxy) is 2. The minimum atomic E-state index is -4.25. The van der Waals surface area contributed by atoms with E-state index in [0.29, 0.717) is 13.0 Å². The van der Waals surface area contributed by atoms with Gasteiger partial charge in [-0.1, -0.05) is 109 Å². The molecule has 9 heteroatoms. The Hall–Kier alpha value is -0.760. The summed E-state index contributed by atoms with van der Waals surface area (Å²) in [6.07, 6.45) is 25.1. The zero-order valence-electron chi connectivity index (χ0n) is 25.1. The van der Waals surface area contributed by atoms with E-state index >= 15 is 0 Å². The zero-order chi connectivity index (χ0) is 28.9. The van der Waals surface area contributed by atoms with E-state index in [2.05, 4.69) is 26.0 Å². The normalized spacial score (nSPS) is 14.1. The highest BCUT2D eigenvalue weighted by atomic mass is 31.2. The molecule has 0 bridgehead atoms. The Balaban J connectivity index is 4.18. The van der Waals surface area contributed by atoms with Crippen molar-refractivity contribution in [2.45, 2.75) is 142 Å². The molecule has 0 aliphatic rings. The van der Waals surface area contributed by atoms with Crippen LogP contribution in [0.5, 0.6) is 0 Å². The van der Waals surface area contributed by atoms with E-state index < -0.39 is 13.9 Å². The summed E-state index contributed by atoms with van der Waals surface area (Å²) in [5.74, 6) is -0.343. The number of esters is 1. The molecule has 3 N–H and O–H groups in total. The number of rotatable bonds is 30. The second-order valence-electron chi connectivity index (χ2n) is 10.3. The fourth-order valence-corrected chi connectivity index (χ4v) is 4.88. The van der Waals surface area contributed by atoms with Crippen LogP contribution in [-0.2, 0) is 27.9 Å². The van der Waals surface area contributed by atoms with Crippen molar-refractivity contribution >= 4 is 13.8 Å². The average molecular weight is 578 g/mol. The van der Waals surface area contributed by atoms with Gasteiger partial charge in [0, 0.05) is 19.6 Å². The van der Waals surface area contributed by atoms with Crippen molar-refractivity contribution in [3.8, 4) is 0 Å². The second kappa shape index (κ2) is 28.8. The van der Waals surface area contributed by atoms with Gasteiger partial charge in [-0.25, -0.2) is 4.57 Å². The minimum Gasteiger partial charge on any atom is -0.457 e. The number of carbonyl (C=O) groups excluding carboxylic acids is 1. The summed E-state index contributed by atoms with van der Waals surface area (Å²) in [7, 11) is -4.25. The smallest absolute Gasteiger partial charge is 0.457 e. The molecule has 0 radical (unpaired) electrons. The molecule has 0 rings (SSSR count). The molecule has 0 aliphatic carbocycles. The fraction of sp³-hybridized carbons (Fsp3) is 0.900. The van der Waals surface area contributed by atoms with E-state index in [4.69, 9.17) is 24.3 Å². The largest absolute Gasteiger partial charge is 0.472 e. The van der Waals surface area contributed by atoms with Gasteiger partial charge in [0.25, 0.3) is 0 Å². The second-order valence-corrected chi connectivity index (χ2v) is 11.8. The molecule has 0 saturated heterocycles. The van der Waals surface area contributed by atoms with E-state index in [9.17, 15) is 14.3 Å². The molecular weight excluding hydrogens is 517 g/mol. The van der Waals surface area contributed by atoms with Crippen molar-refractivity contribution in [1.29, 1.82) is 0 Å². The Kier molecular flexibility index (Phi) is 28.2. The molecule has 0 aromatic carbocycles. The van der Waals surface area contributed by atoms with Crippen LogP contribution in [0.1, 0.15) is 136 Å². The summed E-state index contributed by atoms with van der Waals surface area (Å²) in [5, 5.41) is 0. The summed E-state index contributed by atoms with van der Waals surface area (Å²) < 4.78 is 33.0. The van der Waals surface area contributed by atoms with Gasteiger partial charge < -0.3 is 20.1 Å². The molecule has 2 unspecified atom stereocenters. The number of unbranched alkanes of at least 4 members (excludes halogenated alkanes) is 15. The van der Waals surface area contributed by atoms with Gasteiger partial charge in [-0.05, 0) is 32.1 Å². The van der Waals surface area contributed by atoms with E-state index in [1.807, 2.05) is 0 Å². The average Bonchev–Trinajstić information content (AvgIpc) is 2.92. The van der Waals surface area contributed by atoms with Crippen LogP contribution in [0.25, 0.3) is 0 Å². The number of allylic oxidation sites excluding steroid dienone is 2. The molecule has 8 nitrogen and oxygen atoms in total. The summed E-state index contributed by atoms with van der Waals surface area (Å²) in [6, 6.07) is 0. The van der Waals surface area contributed by atoms with Gasteiger partial charge in [0.2, 0.25) is 0 Å². The standard InChI is InChI=1S/C30H60NO7P/c1-3-5-7-9-11-13-15-17-19-21-23-30(32)38-29(28-37-39(33,34)36-26-24-31)27-35-25-22-20-18-16-14-12-10-8-6-4-2/h7,9,29H,3-6,8,10-28,31H2,1-2H3,(H,33,34)/b9-7-. The van der Waals surface area contributed by atoms with Crippen LogP contribution >= 0.6 is 7.82 Å².